The molecule has 3 aromatic carbocycles. The van der Waals surface area contributed by atoms with E-state index in [0.29, 0.717) is 11.5 Å². The Morgan fingerprint density at radius 3 is 2.32 bits per heavy atom. The van der Waals surface area contributed by atoms with Gasteiger partial charge in [0.1, 0.15) is 11.5 Å². The number of esters is 1. The van der Waals surface area contributed by atoms with Crippen LogP contribution in [0, 0.1) is 10.1 Å². The Bertz CT molecular complexity index is 986. The number of benzene rings is 3. The van der Waals surface area contributed by atoms with Crippen LogP contribution >= 0.6 is 11.6 Å². The van der Waals surface area contributed by atoms with E-state index in [4.69, 9.17) is 21.1 Å². The molecule has 0 fully saturated rings. The number of nitrogens with zero attached hydrogens (tertiary/aromatic N) is 1. The van der Waals surface area contributed by atoms with E-state index >= 15 is 0 Å². The van der Waals surface area contributed by atoms with Crippen molar-refractivity contribution in [1.29, 1.82) is 0 Å². The highest BCUT2D eigenvalue weighted by Crippen LogP contribution is 2.27. The van der Waals surface area contributed by atoms with Crippen LogP contribution in [0.2, 0.25) is 5.02 Å². The second kappa shape index (κ2) is 6.78. The van der Waals surface area contributed by atoms with Gasteiger partial charge in [0.15, 0.2) is 0 Å². The van der Waals surface area contributed by atoms with Gasteiger partial charge in [-0.3, -0.25) is 10.1 Å². The monoisotopic (exact) mass is 357 g/mol. The minimum Gasteiger partial charge on any atom is -0.497 e. The van der Waals surface area contributed by atoms with E-state index in [9.17, 15) is 14.9 Å². The zero-order valence-electron chi connectivity index (χ0n) is 13.1. The first kappa shape index (κ1) is 16.7. The highest BCUT2D eigenvalue weighted by atomic mass is 35.5. The molecule has 126 valence electrons. The van der Waals surface area contributed by atoms with E-state index in [1.165, 1.54) is 12.1 Å². The standard InChI is InChI=1S/C18H12ClNO5/c1-24-14-5-2-11-3-6-15(9-12(11)8-14)25-18(21)16-7-4-13(20(22)23)10-17(16)19/h2-10H,1H3. The fraction of sp³-hybridized carbons (Fsp3) is 0.0556. The summed E-state index contributed by atoms with van der Waals surface area (Å²) < 4.78 is 10.5. The van der Waals surface area contributed by atoms with Crippen molar-refractivity contribution in [2.75, 3.05) is 7.11 Å². The molecule has 0 aliphatic heterocycles. The van der Waals surface area contributed by atoms with E-state index in [-0.39, 0.29) is 16.3 Å². The molecule has 0 atom stereocenters. The van der Waals surface area contributed by atoms with Crippen LogP contribution in [0.5, 0.6) is 11.5 Å². The third-order valence-electron chi connectivity index (χ3n) is 3.61. The van der Waals surface area contributed by atoms with Crippen LogP contribution in [0.4, 0.5) is 5.69 Å². The number of hydrogen-bond acceptors (Lipinski definition) is 5. The third kappa shape index (κ3) is 3.54. The molecule has 3 rings (SSSR count). The quantitative estimate of drug-likeness (QED) is 0.294. The normalized spacial score (nSPS) is 10.5. The molecule has 0 radical (unpaired) electrons. The Hall–Kier alpha value is -3.12. The fourth-order valence-electron chi connectivity index (χ4n) is 2.34. The second-order valence-corrected chi connectivity index (χ2v) is 5.59. The summed E-state index contributed by atoms with van der Waals surface area (Å²) in [6, 6.07) is 14.3. The predicted octanol–water partition coefficient (Wildman–Crippen LogP) is 4.63. The van der Waals surface area contributed by atoms with Crippen molar-refractivity contribution in [3.8, 4) is 11.5 Å². The van der Waals surface area contributed by atoms with Gasteiger partial charge >= 0.3 is 5.97 Å². The Morgan fingerprint density at radius 1 is 1.00 bits per heavy atom. The molecule has 3 aromatic rings. The molecule has 6 nitrogen and oxygen atoms in total. The maximum atomic E-state index is 12.3. The van der Waals surface area contributed by atoms with Crippen LogP contribution in [0.15, 0.2) is 54.6 Å². The topological polar surface area (TPSA) is 78.7 Å². The minimum atomic E-state index is -0.692. The van der Waals surface area contributed by atoms with Crippen molar-refractivity contribution in [3.63, 3.8) is 0 Å². The van der Waals surface area contributed by atoms with Gasteiger partial charge in [0.2, 0.25) is 0 Å². The molecule has 0 aliphatic rings. The van der Waals surface area contributed by atoms with Gasteiger partial charge in [-0.15, -0.1) is 0 Å². The van der Waals surface area contributed by atoms with Gasteiger partial charge in [0, 0.05) is 12.1 Å². The van der Waals surface area contributed by atoms with Crippen LogP contribution in [-0.2, 0) is 0 Å². The maximum Gasteiger partial charge on any atom is 0.345 e. The fourth-order valence-corrected chi connectivity index (χ4v) is 2.59. The Morgan fingerprint density at radius 2 is 1.68 bits per heavy atom. The van der Waals surface area contributed by atoms with Gasteiger partial charge in [-0.2, -0.15) is 0 Å². The molecular weight excluding hydrogens is 346 g/mol. The summed E-state index contributed by atoms with van der Waals surface area (Å²) >= 11 is 5.95. The van der Waals surface area contributed by atoms with E-state index in [1.54, 1.807) is 19.2 Å². The number of hydrogen-bond donors (Lipinski definition) is 0. The number of ether oxygens (including phenoxy) is 2. The first-order chi connectivity index (χ1) is 12.0. The van der Waals surface area contributed by atoms with Crippen molar-refractivity contribution >= 4 is 34.0 Å². The zero-order chi connectivity index (χ0) is 18.0. The Kier molecular flexibility index (Phi) is 4.54. The highest BCUT2D eigenvalue weighted by Gasteiger charge is 2.17. The smallest absolute Gasteiger partial charge is 0.345 e. The van der Waals surface area contributed by atoms with Crippen LogP contribution in [-0.4, -0.2) is 18.0 Å². The lowest BCUT2D eigenvalue weighted by molar-refractivity contribution is -0.384. The van der Waals surface area contributed by atoms with E-state index in [1.807, 2.05) is 24.3 Å². The first-order valence-corrected chi connectivity index (χ1v) is 7.59. The summed E-state index contributed by atoms with van der Waals surface area (Å²) in [6.07, 6.45) is 0. The Labute approximate surface area is 147 Å². The zero-order valence-corrected chi connectivity index (χ0v) is 13.8. The maximum absolute atomic E-state index is 12.3. The summed E-state index contributed by atoms with van der Waals surface area (Å²) in [7, 11) is 1.57. The highest BCUT2D eigenvalue weighted by molar-refractivity contribution is 6.33. The molecule has 0 saturated heterocycles. The average Bonchev–Trinajstić information content (AvgIpc) is 2.60. The van der Waals surface area contributed by atoms with Gasteiger partial charge in [0.25, 0.3) is 5.69 Å². The van der Waals surface area contributed by atoms with E-state index < -0.39 is 10.9 Å². The number of nitro benzene ring substituents is 1. The molecule has 0 unspecified atom stereocenters. The molecular formula is C18H12ClNO5. The second-order valence-electron chi connectivity index (χ2n) is 5.19. The molecule has 0 heterocycles. The van der Waals surface area contributed by atoms with Gasteiger partial charge in [-0.05, 0) is 41.1 Å². The predicted molar refractivity (Wildman–Crippen MR) is 93.6 cm³/mol. The summed E-state index contributed by atoms with van der Waals surface area (Å²) in [4.78, 5) is 22.4. The average molecular weight is 358 g/mol. The van der Waals surface area contributed by atoms with Gasteiger partial charge in [-0.1, -0.05) is 23.7 Å². The Balaban J connectivity index is 1.87. The molecule has 0 saturated carbocycles. The third-order valence-corrected chi connectivity index (χ3v) is 3.93. The molecule has 0 N–H and O–H groups in total. The number of rotatable bonds is 4. The number of nitro groups is 1. The molecule has 0 aliphatic carbocycles. The molecule has 0 aromatic heterocycles. The summed E-state index contributed by atoms with van der Waals surface area (Å²) in [6.45, 7) is 0. The first-order valence-electron chi connectivity index (χ1n) is 7.22. The lowest BCUT2D eigenvalue weighted by Crippen LogP contribution is -2.09. The number of non-ortho nitro benzene ring substituents is 1. The molecule has 7 heteroatoms. The molecule has 0 amide bonds. The van der Waals surface area contributed by atoms with Crippen molar-refractivity contribution in [1.82, 2.24) is 0 Å². The van der Waals surface area contributed by atoms with Crippen LogP contribution < -0.4 is 9.47 Å². The number of carbonyl (C=O) groups excluding carboxylic acids is 1. The van der Waals surface area contributed by atoms with Crippen LogP contribution in [0.3, 0.4) is 0 Å². The summed E-state index contributed by atoms with van der Waals surface area (Å²) in [5.41, 5.74) is -0.141. The SMILES string of the molecule is COc1ccc2ccc(OC(=O)c3ccc([N+](=O)[O-])cc3Cl)cc2c1. The van der Waals surface area contributed by atoms with Gasteiger partial charge in [0.05, 0.1) is 22.6 Å². The lowest BCUT2D eigenvalue weighted by atomic mass is 10.1. The number of halogens is 1. The van der Waals surface area contributed by atoms with Crippen LogP contribution in [0.1, 0.15) is 10.4 Å². The largest absolute Gasteiger partial charge is 0.497 e. The van der Waals surface area contributed by atoms with Gasteiger partial charge < -0.3 is 9.47 Å². The molecule has 0 bridgehead atoms. The van der Waals surface area contributed by atoms with Gasteiger partial charge in [-0.25, -0.2) is 4.79 Å². The molecule has 0 spiro atoms. The molecule has 25 heavy (non-hydrogen) atoms. The minimum absolute atomic E-state index is 0.0401. The van der Waals surface area contributed by atoms with Crippen LogP contribution in [0.25, 0.3) is 10.8 Å². The van der Waals surface area contributed by atoms with Crippen molar-refractivity contribution in [3.05, 3.63) is 75.3 Å². The number of carbonyl (C=O) groups is 1. The van der Waals surface area contributed by atoms with Crippen molar-refractivity contribution in [2.45, 2.75) is 0 Å². The van der Waals surface area contributed by atoms with Crippen molar-refractivity contribution < 1.29 is 19.2 Å². The van der Waals surface area contributed by atoms with Crippen molar-refractivity contribution in [2.24, 2.45) is 0 Å². The van der Waals surface area contributed by atoms with E-state index in [0.717, 1.165) is 16.8 Å². The summed E-state index contributed by atoms with van der Waals surface area (Å²) in [5, 5.41) is 12.5. The number of fused-ring (bicyclic) bond motifs is 1. The summed E-state index contributed by atoms with van der Waals surface area (Å²) in [5.74, 6) is 0.330. The van der Waals surface area contributed by atoms with E-state index in [2.05, 4.69) is 0 Å². The lowest BCUT2D eigenvalue weighted by Gasteiger charge is -2.08. The number of methoxy groups -OCH3 is 1.